The van der Waals surface area contributed by atoms with Gasteiger partial charge in [0.2, 0.25) is 0 Å². The van der Waals surface area contributed by atoms with E-state index in [0.717, 1.165) is 6.92 Å². The molecule has 4 fully saturated rings. The Morgan fingerprint density at radius 1 is 0.500 bits per heavy atom. The van der Waals surface area contributed by atoms with Crippen molar-refractivity contribution in [2.45, 2.75) is 171 Å². The van der Waals surface area contributed by atoms with Gasteiger partial charge in [0.25, 0.3) is 0 Å². The number of ketones is 2. The fraction of sp³-hybridized carbons (Fsp3) is 0.882. The predicted octanol–water partition coefficient (Wildman–Crippen LogP) is 6.99. The van der Waals surface area contributed by atoms with Gasteiger partial charge in [0, 0.05) is 69.4 Å². The number of carbonyl (C=O) groups excluding carboxylic acids is 2. The molecule has 0 saturated heterocycles. The Bertz CT molecular complexity index is 2110. The van der Waals surface area contributed by atoms with Crippen molar-refractivity contribution < 1.29 is 111 Å². The second-order valence-corrected chi connectivity index (χ2v) is 6.00. The molecule has 0 aliphatic heterocycles. The van der Waals surface area contributed by atoms with E-state index in [9.17, 15) is 19.2 Å². The van der Waals surface area contributed by atoms with E-state index in [1.165, 1.54) is 0 Å². The molecule has 4 aliphatic carbocycles. The number of Topliss-reactive ketones (excluding diaryl/α,β-unsaturated/α-hetero) is 2. The average molecular weight is 639 g/mol. The molecule has 0 radical (unpaired) electrons. The predicted molar refractivity (Wildman–Crippen MR) is 172 cm³/mol. The van der Waals surface area contributed by atoms with E-state index in [4.69, 9.17) is 67.8 Å². The van der Waals surface area contributed by atoms with Crippen molar-refractivity contribution >= 4 is 23.5 Å². The Hall–Kier alpha value is -1.16. The molecule has 0 heterocycles. The van der Waals surface area contributed by atoms with E-state index in [2.05, 4.69) is 0 Å². The molecule has 0 aromatic heterocycles. The third-order valence-electron chi connectivity index (χ3n) is 3.34. The van der Waals surface area contributed by atoms with Crippen LogP contribution in [-0.2, 0) is 19.2 Å². The van der Waals surface area contributed by atoms with Crippen LogP contribution in [0.3, 0.4) is 0 Å². The molecule has 3 N–H and O–H groups in total. The Morgan fingerprint density at radius 3 is 1.05 bits per heavy atom. The van der Waals surface area contributed by atoms with Gasteiger partial charge in [-0.05, 0) is 64.8 Å². The minimum Gasteiger partial charge on any atom is -0.870 e. The first kappa shape index (κ1) is 11.0. The van der Waals surface area contributed by atoms with Crippen molar-refractivity contribution in [3.63, 3.8) is 0 Å². The van der Waals surface area contributed by atoms with Crippen LogP contribution in [0.1, 0.15) is 229 Å². The summed E-state index contributed by atoms with van der Waals surface area (Å²) >= 11 is 0. The summed E-state index contributed by atoms with van der Waals surface area (Å²) in [5, 5.41) is 17.9. The van der Waals surface area contributed by atoms with E-state index in [1.807, 2.05) is 0 Å². The quantitative estimate of drug-likeness (QED) is 0.317. The van der Waals surface area contributed by atoms with Crippen molar-refractivity contribution in [3.8, 4) is 0 Å². The normalized spacial score (nSPS) is 59.0. The number of carboxylic acids is 2. The van der Waals surface area contributed by atoms with Gasteiger partial charge in [-0.2, -0.15) is 0 Å². The third-order valence-corrected chi connectivity index (χ3v) is 3.34. The molecule has 0 amide bonds. The van der Waals surface area contributed by atoms with E-state index in [1.54, 1.807) is 0 Å². The van der Waals surface area contributed by atoms with Crippen molar-refractivity contribution in [1.29, 1.82) is 0 Å². The smallest absolute Gasteiger partial charge is 0.870 e. The molecular formula is C34H69LiO7. The molecule has 4 saturated carbocycles. The summed E-state index contributed by atoms with van der Waals surface area (Å²) < 4.78 is 316. The monoisotopic (exact) mass is 639 g/mol. The summed E-state index contributed by atoms with van der Waals surface area (Å²) in [7, 11) is 0. The number of rotatable bonds is 4. The summed E-state index contributed by atoms with van der Waals surface area (Å²) in [4.78, 5) is 45.3. The van der Waals surface area contributed by atoms with Crippen molar-refractivity contribution in [2.75, 3.05) is 0 Å². The third kappa shape index (κ3) is 25.3. The first-order chi connectivity index (χ1) is 33.0. The Balaban J connectivity index is -0.000000236. The maximum Gasteiger partial charge on any atom is 1.00 e. The minimum atomic E-state index is -3.86. The van der Waals surface area contributed by atoms with E-state index in [0.29, 0.717) is 6.92 Å². The van der Waals surface area contributed by atoms with Gasteiger partial charge in [-0.3, -0.25) is 19.2 Å². The first-order valence-corrected chi connectivity index (χ1v) is 9.50. The molecule has 4 rings (SSSR count). The largest absolute Gasteiger partial charge is 1.00 e. The van der Waals surface area contributed by atoms with Crippen LogP contribution < -0.4 is 18.9 Å². The molecule has 4 aliphatic rings. The van der Waals surface area contributed by atoms with Gasteiger partial charge in [0.05, 0.1) is 11.8 Å². The van der Waals surface area contributed by atoms with Gasteiger partial charge in [-0.25, -0.2) is 0 Å². The van der Waals surface area contributed by atoms with Gasteiger partial charge >= 0.3 is 30.8 Å². The van der Waals surface area contributed by atoms with E-state index >= 15 is 0 Å². The summed E-state index contributed by atoms with van der Waals surface area (Å²) in [5.74, 6) is -19.1. The molecule has 248 valence electrons. The van der Waals surface area contributed by atoms with Crippen LogP contribution in [0.15, 0.2) is 0 Å². The topological polar surface area (TPSA) is 139 Å². The zero-order chi connectivity index (χ0) is 64.5. The zero-order valence-electron chi connectivity index (χ0n) is 62.1. The van der Waals surface area contributed by atoms with Crippen LogP contribution in [0, 0.1) is 23.6 Å². The number of aliphatic carboxylic acids is 2. The summed E-state index contributed by atoms with van der Waals surface area (Å²) in [5.41, 5.74) is 0. The average Bonchev–Trinajstić information content (AvgIpc) is 3.19. The summed E-state index contributed by atoms with van der Waals surface area (Å²) in [6.07, 6.45) is -70.6. The molecule has 7 nitrogen and oxygen atoms in total. The standard InChI is InChI=1S/2C8H14O.2C7H12O2.4CH4.Li.H2O/c2*1-7(9)8-5-3-2-4-6-8;2*8-7(9)6-4-2-1-3-5-6;;;;;;/h2*8H,2-6H2,1H3;2*6H,1-5H2,(H,8,9);4*1H4;;1H2/q;;;;;;;;+1;/p-1/i2D2,3D2,4D2,5D2,6D2,8D;2D2,3D2,4D2,5D2,6D2;1D2,2D2,3D2,4D2,5D2,6D;1D2,2D2,3D2,4D2,5D2;;;;;;. The number of hydrogen-bond acceptors (Lipinski definition) is 5. The number of carbonyl (C=O) groups is 4. The second kappa shape index (κ2) is 32.7. The maximum absolute atomic E-state index is 11.6. The van der Waals surface area contributed by atoms with Crippen LogP contribution in [0.4, 0.5) is 0 Å². The van der Waals surface area contributed by atoms with Crippen LogP contribution in [0.25, 0.3) is 0 Å². The molecule has 42 heavy (non-hydrogen) atoms. The SMILES string of the molecule is C.C.C.C.[2H]C1([2H])C(C(=O)O)C([2H])([2H])C([2H])([2H])C([2H])([2H])C1([2H])[2H].[2H]C1([2H])C(C(C)=O)C([2H])([2H])C([2H])([2H])C([2H])([2H])C1([2H])[2H].[2H]C1([2H])C([2H])([2H])C([2H])([2H])C([2H])(C(=O)O)C([2H])([2H])C1([2H])[2H].[2H]C1([2H])C([2H])([2H])C([2H])([2H])C([2H])(C(C)=O)C([2H])([2H])C1([2H])[2H].[Li+].[OH-]. The van der Waals surface area contributed by atoms with Gasteiger partial charge in [-0.15, -0.1) is 0 Å². The fourth-order valence-corrected chi connectivity index (χ4v) is 1.68. The van der Waals surface area contributed by atoms with Crippen LogP contribution >= 0.6 is 0 Å². The zero-order valence-corrected chi connectivity index (χ0v) is 20.1. The van der Waals surface area contributed by atoms with Gasteiger partial charge in [0.15, 0.2) is 0 Å². The maximum atomic E-state index is 11.6. The van der Waals surface area contributed by atoms with E-state index < -0.39 is 175 Å². The number of hydrogen-bond donors (Lipinski definition) is 2. The van der Waals surface area contributed by atoms with Gasteiger partial charge < -0.3 is 15.7 Å². The molecule has 0 atom stereocenters. The summed E-state index contributed by atoms with van der Waals surface area (Å²) in [6, 6.07) is 0. The second-order valence-electron chi connectivity index (χ2n) is 6.00. The van der Waals surface area contributed by atoms with Gasteiger partial charge in [-0.1, -0.05) is 106 Å². The van der Waals surface area contributed by atoms with Crippen molar-refractivity contribution in [2.24, 2.45) is 23.6 Å². The Labute approximate surface area is 331 Å². The summed E-state index contributed by atoms with van der Waals surface area (Å²) in [6.45, 7) is 1.50. The molecule has 0 spiro atoms. The van der Waals surface area contributed by atoms with Gasteiger partial charge in [0.1, 0.15) is 11.6 Å². The van der Waals surface area contributed by atoms with E-state index in [-0.39, 0.29) is 54.0 Å². The van der Waals surface area contributed by atoms with Crippen LogP contribution in [0.5, 0.6) is 0 Å². The fourth-order valence-electron chi connectivity index (χ4n) is 1.68. The minimum absolute atomic E-state index is 0. The molecule has 0 aromatic carbocycles. The molecule has 0 unspecified atom stereocenters. The Kier molecular flexibility index (Phi) is 8.56. The number of carboxylic acid groups (broad SMARTS) is 2. The molecule has 0 bridgehead atoms. The van der Waals surface area contributed by atoms with Crippen molar-refractivity contribution in [1.82, 2.24) is 0 Å². The molecule has 0 aromatic rings. The molecular weight excluding hydrogens is 527 g/mol. The van der Waals surface area contributed by atoms with Crippen LogP contribution in [0.2, 0.25) is 0 Å². The first-order valence-electron chi connectivity index (χ1n) is 30.5. The molecule has 8 heteroatoms. The van der Waals surface area contributed by atoms with Crippen molar-refractivity contribution in [3.05, 3.63) is 0 Å². The van der Waals surface area contributed by atoms with Crippen LogP contribution in [-0.4, -0.2) is 39.2 Å². The Morgan fingerprint density at radius 2 is 0.786 bits per heavy atom.